The molecule has 0 atom stereocenters. The summed E-state index contributed by atoms with van der Waals surface area (Å²) >= 11 is 19.1. The molecule has 1 aliphatic heterocycles. The third-order valence-corrected chi connectivity index (χ3v) is 5.51. The van der Waals surface area contributed by atoms with Crippen LogP contribution in [0.25, 0.3) is 0 Å². The van der Waals surface area contributed by atoms with Crippen LogP contribution in [0, 0.1) is 0 Å². The summed E-state index contributed by atoms with van der Waals surface area (Å²) in [7, 11) is 0. The van der Waals surface area contributed by atoms with Gasteiger partial charge in [0, 0.05) is 31.9 Å². The van der Waals surface area contributed by atoms with Gasteiger partial charge in [-0.05, 0) is 24.6 Å². The number of carbonyl (C=O) groups excluding carboxylic acids is 1. The monoisotopic (exact) mass is 420 g/mol. The first-order valence-corrected chi connectivity index (χ1v) is 9.35. The summed E-state index contributed by atoms with van der Waals surface area (Å²) < 4.78 is 0.548. The van der Waals surface area contributed by atoms with Crippen LogP contribution in [-0.4, -0.2) is 42.1 Å². The molecular formula is C16H19Cl3N4OS. The predicted molar refractivity (Wildman–Crippen MR) is 108 cm³/mol. The average Bonchev–Trinajstić information content (AvgIpc) is 2.82. The van der Waals surface area contributed by atoms with Crippen LogP contribution in [0.2, 0.25) is 14.4 Å². The van der Waals surface area contributed by atoms with Crippen molar-refractivity contribution in [2.75, 3.05) is 36.4 Å². The molecular weight excluding hydrogens is 403 g/mol. The maximum Gasteiger partial charge on any atom is 0.323 e. The lowest BCUT2D eigenvalue weighted by atomic mass is 10.2. The van der Waals surface area contributed by atoms with E-state index >= 15 is 0 Å². The highest BCUT2D eigenvalue weighted by atomic mass is 35.5. The lowest BCUT2D eigenvalue weighted by molar-refractivity contribution is 0.215. The number of hydrogen-bond acceptors (Lipinski definition) is 4. The summed E-state index contributed by atoms with van der Waals surface area (Å²) in [5, 5.41) is 4.37. The fourth-order valence-electron chi connectivity index (χ4n) is 2.54. The van der Waals surface area contributed by atoms with Gasteiger partial charge in [-0.1, -0.05) is 53.6 Å². The first-order valence-electron chi connectivity index (χ1n) is 7.40. The predicted octanol–water partition coefficient (Wildman–Crippen LogP) is 5.48. The molecule has 1 fully saturated rings. The summed E-state index contributed by atoms with van der Waals surface area (Å²) in [6.45, 7) is 2.88. The van der Waals surface area contributed by atoms with Gasteiger partial charge in [-0.15, -0.1) is 0 Å². The van der Waals surface area contributed by atoms with Crippen molar-refractivity contribution in [3.63, 3.8) is 0 Å². The lowest BCUT2D eigenvalue weighted by Crippen LogP contribution is -2.38. The van der Waals surface area contributed by atoms with E-state index in [1.807, 2.05) is 12.1 Å². The first-order chi connectivity index (χ1) is 11.5. The van der Waals surface area contributed by atoms with Crippen LogP contribution in [0.3, 0.4) is 0 Å². The fourth-order valence-corrected chi connectivity index (χ4v) is 3.64. The highest BCUT2D eigenvalue weighted by Gasteiger charge is 2.20. The smallest absolute Gasteiger partial charge is 0.323 e. The Morgan fingerprint density at radius 2 is 1.92 bits per heavy atom. The van der Waals surface area contributed by atoms with Crippen LogP contribution >= 0.6 is 46.1 Å². The summed E-state index contributed by atoms with van der Waals surface area (Å²) in [6, 6.07) is 5.44. The summed E-state index contributed by atoms with van der Waals surface area (Å²) in [6.07, 6.45) is 2.39. The third kappa shape index (κ3) is 5.14. The van der Waals surface area contributed by atoms with Gasteiger partial charge < -0.3 is 9.80 Å². The highest BCUT2D eigenvalue weighted by molar-refractivity contribution is 7.19. The number of hydrogen-bond donors (Lipinski definition) is 1. The minimum absolute atomic E-state index is 0. The van der Waals surface area contributed by atoms with Gasteiger partial charge >= 0.3 is 6.03 Å². The standard InChI is InChI=1S/C15H15Cl3N4OS.CH4/c16-11-3-2-10(8-12(11)17)21-4-1-5-22(7-6-21)15(23)20-14-19-9-13(18)24-14;/h2-3,8-9H,1,4-7H2,(H,19,20,23);1H4. The van der Waals surface area contributed by atoms with Gasteiger partial charge in [-0.3, -0.25) is 5.32 Å². The Labute approximate surface area is 166 Å². The second kappa shape index (κ2) is 8.94. The van der Waals surface area contributed by atoms with E-state index in [0.29, 0.717) is 32.6 Å². The topological polar surface area (TPSA) is 48.5 Å². The molecule has 1 aromatic carbocycles. The number of nitrogens with one attached hydrogen (secondary N) is 1. The van der Waals surface area contributed by atoms with E-state index in [2.05, 4.69) is 15.2 Å². The number of carbonyl (C=O) groups is 1. The number of rotatable bonds is 2. The molecule has 0 spiro atoms. The Bertz CT molecular complexity index is 740. The number of thiazole rings is 1. The van der Waals surface area contributed by atoms with E-state index in [0.717, 1.165) is 25.2 Å². The van der Waals surface area contributed by atoms with Crippen molar-refractivity contribution in [3.05, 3.63) is 38.8 Å². The van der Waals surface area contributed by atoms with Crippen molar-refractivity contribution in [1.82, 2.24) is 9.88 Å². The molecule has 1 aliphatic rings. The number of urea groups is 1. The van der Waals surface area contributed by atoms with Crippen molar-refractivity contribution in [1.29, 1.82) is 0 Å². The molecule has 136 valence electrons. The van der Waals surface area contributed by atoms with Crippen LogP contribution in [0.4, 0.5) is 15.6 Å². The van der Waals surface area contributed by atoms with Crippen molar-refractivity contribution in [2.45, 2.75) is 13.8 Å². The number of amides is 2. The van der Waals surface area contributed by atoms with E-state index in [4.69, 9.17) is 34.8 Å². The summed E-state index contributed by atoms with van der Waals surface area (Å²) in [4.78, 5) is 20.4. The number of halogens is 3. The molecule has 0 radical (unpaired) electrons. The molecule has 9 heteroatoms. The minimum atomic E-state index is -0.156. The molecule has 5 nitrogen and oxygen atoms in total. The van der Waals surface area contributed by atoms with Crippen LogP contribution in [0.15, 0.2) is 24.4 Å². The maximum atomic E-state index is 12.4. The van der Waals surface area contributed by atoms with Crippen molar-refractivity contribution >= 4 is 63.0 Å². The Balaban J connectivity index is 0.00000225. The van der Waals surface area contributed by atoms with E-state index in [1.165, 1.54) is 17.5 Å². The zero-order valence-corrected chi connectivity index (χ0v) is 15.7. The van der Waals surface area contributed by atoms with Crippen LogP contribution in [0.1, 0.15) is 13.8 Å². The normalized spacial score (nSPS) is 14.7. The van der Waals surface area contributed by atoms with Crippen molar-refractivity contribution < 1.29 is 4.79 Å². The van der Waals surface area contributed by atoms with Gasteiger partial charge in [0.2, 0.25) is 0 Å². The van der Waals surface area contributed by atoms with Crippen LogP contribution < -0.4 is 10.2 Å². The average molecular weight is 422 g/mol. The Hall–Kier alpha value is -1.21. The molecule has 2 amide bonds. The molecule has 2 aromatic rings. The van der Waals surface area contributed by atoms with E-state index < -0.39 is 0 Å². The molecule has 0 bridgehead atoms. The second-order valence-electron chi connectivity index (χ2n) is 5.33. The molecule has 0 unspecified atom stereocenters. The van der Waals surface area contributed by atoms with Gasteiger partial charge in [0.1, 0.15) is 4.34 Å². The summed E-state index contributed by atoms with van der Waals surface area (Å²) in [5.74, 6) is 0. The van der Waals surface area contributed by atoms with Crippen LogP contribution in [-0.2, 0) is 0 Å². The zero-order valence-electron chi connectivity index (χ0n) is 12.6. The van der Waals surface area contributed by atoms with E-state index in [-0.39, 0.29) is 13.5 Å². The van der Waals surface area contributed by atoms with Crippen molar-refractivity contribution in [3.8, 4) is 0 Å². The number of nitrogens with zero attached hydrogens (tertiary/aromatic N) is 3. The minimum Gasteiger partial charge on any atom is -0.370 e. The molecule has 0 saturated carbocycles. The molecule has 3 rings (SSSR count). The largest absolute Gasteiger partial charge is 0.370 e. The number of aromatic nitrogens is 1. The van der Waals surface area contributed by atoms with E-state index in [1.54, 1.807) is 11.0 Å². The molecule has 1 N–H and O–H groups in total. The highest BCUT2D eigenvalue weighted by Crippen LogP contribution is 2.28. The summed E-state index contributed by atoms with van der Waals surface area (Å²) in [5.41, 5.74) is 1.01. The zero-order chi connectivity index (χ0) is 17.1. The number of anilines is 2. The Kier molecular flexibility index (Phi) is 7.19. The lowest BCUT2D eigenvalue weighted by Gasteiger charge is -2.24. The number of benzene rings is 1. The fraction of sp³-hybridized carbons (Fsp3) is 0.375. The van der Waals surface area contributed by atoms with Gasteiger partial charge in [-0.2, -0.15) is 0 Å². The molecule has 0 aliphatic carbocycles. The molecule has 25 heavy (non-hydrogen) atoms. The Morgan fingerprint density at radius 3 is 2.60 bits per heavy atom. The SMILES string of the molecule is C.O=C(Nc1ncc(Cl)s1)N1CCCN(c2ccc(Cl)c(Cl)c2)CC1. The van der Waals surface area contributed by atoms with Gasteiger partial charge in [0.25, 0.3) is 0 Å². The Morgan fingerprint density at radius 1 is 1.12 bits per heavy atom. The van der Waals surface area contributed by atoms with Gasteiger partial charge in [-0.25, -0.2) is 9.78 Å². The quantitative estimate of drug-likeness (QED) is 0.698. The van der Waals surface area contributed by atoms with Crippen molar-refractivity contribution in [2.24, 2.45) is 0 Å². The first kappa shape index (κ1) is 20.1. The van der Waals surface area contributed by atoms with E-state index in [9.17, 15) is 4.79 Å². The molecule has 2 heterocycles. The molecule has 1 aromatic heterocycles. The second-order valence-corrected chi connectivity index (χ2v) is 7.80. The van der Waals surface area contributed by atoms with Crippen LogP contribution in [0.5, 0.6) is 0 Å². The third-order valence-electron chi connectivity index (χ3n) is 3.74. The maximum absolute atomic E-state index is 12.4. The molecule has 1 saturated heterocycles. The van der Waals surface area contributed by atoms with Gasteiger partial charge in [0.15, 0.2) is 5.13 Å². The van der Waals surface area contributed by atoms with Gasteiger partial charge in [0.05, 0.1) is 16.2 Å².